The van der Waals surface area contributed by atoms with Gasteiger partial charge in [-0.25, -0.2) is 5.84 Å². The molecule has 1 aliphatic heterocycles. The zero-order valence-electron chi connectivity index (χ0n) is 8.82. The standard InChI is InChI=1S/C9H19N3OS/c1-7-5-12(6-8(2)14-7)4-3-9(13)11-10/h7-8H,3-6,10H2,1-2H3,(H,11,13). The van der Waals surface area contributed by atoms with Crippen LogP contribution >= 0.6 is 11.8 Å². The lowest BCUT2D eigenvalue weighted by Gasteiger charge is -2.34. The van der Waals surface area contributed by atoms with Crippen molar-refractivity contribution in [3.63, 3.8) is 0 Å². The molecule has 82 valence electrons. The van der Waals surface area contributed by atoms with Crippen LogP contribution in [0.25, 0.3) is 0 Å². The summed E-state index contributed by atoms with van der Waals surface area (Å²) in [5.74, 6) is 4.94. The number of hydrogen-bond acceptors (Lipinski definition) is 4. The average molecular weight is 217 g/mol. The molecule has 4 nitrogen and oxygen atoms in total. The largest absolute Gasteiger partial charge is 0.301 e. The fourth-order valence-electron chi connectivity index (χ4n) is 1.80. The van der Waals surface area contributed by atoms with E-state index in [1.165, 1.54) is 0 Å². The number of nitrogens with one attached hydrogen (secondary N) is 1. The lowest BCUT2D eigenvalue weighted by molar-refractivity contribution is -0.121. The Kier molecular flexibility index (Phi) is 4.71. The van der Waals surface area contributed by atoms with E-state index in [4.69, 9.17) is 5.84 Å². The second-order valence-corrected chi connectivity index (χ2v) is 5.72. The molecule has 2 unspecified atom stereocenters. The normalized spacial score (nSPS) is 28.8. The van der Waals surface area contributed by atoms with E-state index in [1.54, 1.807) is 0 Å². The van der Waals surface area contributed by atoms with Crippen molar-refractivity contribution < 1.29 is 4.79 Å². The maximum Gasteiger partial charge on any atom is 0.235 e. The zero-order valence-corrected chi connectivity index (χ0v) is 9.64. The van der Waals surface area contributed by atoms with Crippen LogP contribution in [-0.4, -0.2) is 40.9 Å². The quantitative estimate of drug-likeness (QED) is 0.402. The molecular formula is C9H19N3OS. The fourth-order valence-corrected chi connectivity index (χ4v) is 3.19. The molecule has 0 aromatic heterocycles. The number of thioether (sulfide) groups is 1. The van der Waals surface area contributed by atoms with E-state index < -0.39 is 0 Å². The molecule has 0 aromatic rings. The minimum absolute atomic E-state index is 0.0801. The molecule has 3 N–H and O–H groups in total. The first-order valence-corrected chi connectivity index (χ1v) is 5.93. The predicted octanol–water partition coefficient (Wildman–Crippen LogP) is 0.192. The van der Waals surface area contributed by atoms with Crippen molar-refractivity contribution in [3.8, 4) is 0 Å². The van der Waals surface area contributed by atoms with E-state index in [9.17, 15) is 4.79 Å². The van der Waals surface area contributed by atoms with Crippen molar-refractivity contribution in [3.05, 3.63) is 0 Å². The molecule has 14 heavy (non-hydrogen) atoms. The predicted molar refractivity (Wildman–Crippen MR) is 59.9 cm³/mol. The number of rotatable bonds is 3. The van der Waals surface area contributed by atoms with Gasteiger partial charge < -0.3 is 4.90 Å². The highest BCUT2D eigenvalue weighted by molar-refractivity contribution is 8.00. The monoisotopic (exact) mass is 217 g/mol. The Hall–Kier alpha value is -0.260. The second kappa shape index (κ2) is 5.58. The summed E-state index contributed by atoms with van der Waals surface area (Å²) in [5.41, 5.74) is 2.16. The molecule has 1 heterocycles. The van der Waals surface area contributed by atoms with Gasteiger partial charge >= 0.3 is 0 Å². The summed E-state index contributed by atoms with van der Waals surface area (Å²) >= 11 is 2.02. The van der Waals surface area contributed by atoms with Crippen LogP contribution < -0.4 is 11.3 Å². The first kappa shape index (κ1) is 11.8. The maximum absolute atomic E-state index is 10.9. The molecular weight excluding hydrogens is 198 g/mol. The van der Waals surface area contributed by atoms with Crippen molar-refractivity contribution in [2.24, 2.45) is 5.84 Å². The van der Waals surface area contributed by atoms with Crippen molar-refractivity contribution in [2.45, 2.75) is 30.8 Å². The van der Waals surface area contributed by atoms with Gasteiger partial charge in [0.15, 0.2) is 0 Å². The molecule has 1 saturated heterocycles. The third kappa shape index (κ3) is 3.86. The molecule has 0 saturated carbocycles. The summed E-state index contributed by atoms with van der Waals surface area (Å²) in [7, 11) is 0. The van der Waals surface area contributed by atoms with Crippen LogP contribution in [0.5, 0.6) is 0 Å². The van der Waals surface area contributed by atoms with Gasteiger partial charge in [0.25, 0.3) is 0 Å². The number of hydrogen-bond donors (Lipinski definition) is 2. The second-order valence-electron chi connectivity index (χ2n) is 3.83. The van der Waals surface area contributed by atoms with Gasteiger partial charge in [0.2, 0.25) is 5.91 Å². The zero-order chi connectivity index (χ0) is 10.6. The van der Waals surface area contributed by atoms with Crippen molar-refractivity contribution in [2.75, 3.05) is 19.6 Å². The minimum atomic E-state index is -0.0801. The molecule has 1 amide bonds. The Labute approximate surface area is 89.6 Å². The number of amides is 1. The molecule has 2 atom stereocenters. The maximum atomic E-state index is 10.9. The van der Waals surface area contributed by atoms with Gasteiger partial charge in [-0.05, 0) is 0 Å². The molecule has 0 bridgehead atoms. The van der Waals surface area contributed by atoms with Crippen LogP contribution in [0.15, 0.2) is 0 Å². The highest BCUT2D eigenvalue weighted by Gasteiger charge is 2.22. The smallest absolute Gasteiger partial charge is 0.235 e. The number of carbonyl (C=O) groups is 1. The van der Waals surface area contributed by atoms with Gasteiger partial charge in [-0.1, -0.05) is 13.8 Å². The Morgan fingerprint density at radius 3 is 2.57 bits per heavy atom. The Bertz CT molecular complexity index is 190. The van der Waals surface area contributed by atoms with Gasteiger partial charge in [0.05, 0.1) is 0 Å². The van der Waals surface area contributed by atoms with Gasteiger partial charge in [-0.15, -0.1) is 0 Å². The van der Waals surface area contributed by atoms with Crippen LogP contribution in [0.4, 0.5) is 0 Å². The van der Waals surface area contributed by atoms with Crippen LogP contribution in [-0.2, 0) is 4.79 Å². The van der Waals surface area contributed by atoms with E-state index >= 15 is 0 Å². The van der Waals surface area contributed by atoms with Gasteiger partial charge in [0, 0.05) is 36.6 Å². The lowest BCUT2D eigenvalue weighted by atomic mass is 10.3. The SMILES string of the molecule is CC1CN(CCC(=O)NN)CC(C)S1. The summed E-state index contributed by atoms with van der Waals surface area (Å²) in [6, 6.07) is 0. The third-order valence-corrected chi connectivity index (χ3v) is 3.54. The van der Waals surface area contributed by atoms with Crippen molar-refractivity contribution in [1.29, 1.82) is 0 Å². The molecule has 0 radical (unpaired) electrons. The molecule has 1 aliphatic rings. The topological polar surface area (TPSA) is 58.4 Å². The molecule has 5 heteroatoms. The number of nitrogens with two attached hydrogens (primary N) is 1. The molecule has 0 spiro atoms. The Balaban J connectivity index is 2.26. The number of carbonyl (C=O) groups excluding carboxylic acids is 1. The van der Waals surface area contributed by atoms with E-state index in [1.807, 2.05) is 11.8 Å². The van der Waals surface area contributed by atoms with Crippen LogP contribution in [0.2, 0.25) is 0 Å². The summed E-state index contributed by atoms with van der Waals surface area (Å²) in [4.78, 5) is 13.3. The summed E-state index contributed by atoms with van der Waals surface area (Å²) in [5, 5.41) is 1.33. The molecule has 1 fully saturated rings. The first-order valence-electron chi connectivity index (χ1n) is 4.99. The summed E-state index contributed by atoms with van der Waals surface area (Å²) in [6.45, 7) is 7.44. The van der Waals surface area contributed by atoms with Gasteiger partial charge in [-0.3, -0.25) is 10.2 Å². The van der Waals surface area contributed by atoms with Gasteiger partial charge in [0.1, 0.15) is 0 Å². The number of nitrogens with zero attached hydrogens (tertiary/aromatic N) is 1. The summed E-state index contributed by atoms with van der Waals surface area (Å²) < 4.78 is 0. The van der Waals surface area contributed by atoms with E-state index in [0.717, 1.165) is 19.6 Å². The Morgan fingerprint density at radius 1 is 1.50 bits per heavy atom. The van der Waals surface area contributed by atoms with Crippen molar-refractivity contribution >= 4 is 17.7 Å². The van der Waals surface area contributed by atoms with E-state index in [2.05, 4.69) is 24.2 Å². The van der Waals surface area contributed by atoms with E-state index in [0.29, 0.717) is 16.9 Å². The fraction of sp³-hybridized carbons (Fsp3) is 0.889. The minimum Gasteiger partial charge on any atom is -0.301 e. The Morgan fingerprint density at radius 2 is 2.07 bits per heavy atom. The lowest BCUT2D eigenvalue weighted by Crippen LogP contribution is -2.42. The highest BCUT2D eigenvalue weighted by atomic mass is 32.2. The molecule has 0 aromatic carbocycles. The number of hydrazine groups is 1. The van der Waals surface area contributed by atoms with Crippen LogP contribution in [0.3, 0.4) is 0 Å². The van der Waals surface area contributed by atoms with Gasteiger partial charge in [-0.2, -0.15) is 11.8 Å². The third-order valence-electron chi connectivity index (χ3n) is 2.31. The summed E-state index contributed by atoms with van der Waals surface area (Å²) in [6.07, 6.45) is 0.501. The first-order chi connectivity index (χ1) is 6.61. The molecule has 0 aliphatic carbocycles. The average Bonchev–Trinajstić information content (AvgIpc) is 2.12. The van der Waals surface area contributed by atoms with Crippen LogP contribution in [0, 0.1) is 0 Å². The highest BCUT2D eigenvalue weighted by Crippen LogP contribution is 2.24. The van der Waals surface area contributed by atoms with E-state index in [-0.39, 0.29) is 5.91 Å². The molecule has 1 rings (SSSR count). The van der Waals surface area contributed by atoms with Crippen molar-refractivity contribution in [1.82, 2.24) is 10.3 Å². The van der Waals surface area contributed by atoms with Crippen LogP contribution in [0.1, 0.15) is 20.3 Å².